The van der Waals surface area contributed by atoms with Gasteiger partial charge in [-0.05, 0) is 25.7 Å². The normalized spacial score (nSPS) is 11.4. The summed E-state index contributed by atoms with van der Waals surface area (Å²) in [7, 11) is 0. The summed E-state index contributed by atoms with van der Waals surface area (Å²) in [5.41, 5.74) is 0.298. The molecule has 1 heterocycles. The van der Waals surface area contributed by atoms with E-state index in [2.05, 4.69) is 48.3 Å². The first-order valence-corrected chi connectivity index (χ1v) is 7.80. The van der Waals surface area contributed by atoms with Gasteiger partial charge in [-0.2, -0.15) is 0 Å². The second kappa shape index (κ2) is 8.08. The molecule has 0 spiro atoms. The summed E-state index contributed by atoms with van der Waals surface area (Å²) >= 11 is 0. The molecule has 20 heavy (non-hydrogen) atoms. The fourth-order valence-electron chi connectivity index (χ4n) is 2.20. The van der Waals surface area contributed by atoms with Gasteiger partial charge in [0.25, 0.3) is 0 Å². The van der Waals surface area contributed by atoms with E-state index < -0.39 is 0 Å². The van der Waals surface area contributed by atoms with Crippen molar-refractivity contribution >= 4 is 11.6 Å². The molecule has 4 nitrogen and oxygen atoms in total. The lowest BCUT2D eigenvalue weighted by atomic mass is 9.87. The van der Waals surface area contributed by atoms with Gasteiger partial charge >= 0.3 is 0 Å². The highest BCUT2D eigenvalue weighted by Crippen LogP contribution is 2.24. The molecule has 0 fully saturated rings. The zero-order valence-corrected chi connectivity index (χ0v) is 13.7. The van der Waals surface area contributed by atoms with Gasteiger partial charge in [0.2, 0.25) is 0 Å². The van der Waals surface area contributed by atoms with Crippen molar-refractivity contribution in [3.63, 3.8) is 0 Å². The van der Waals surface area contributed by atoms with Crippen LogP contribution in [0.5, 0.6) is 0 Å². The predicted molar refractivity (Wildman–Crippen MR) is 87.3 cm³/mol. The Bertz CT molecular complexity index is 401. The molecular weight excluding hydrogens is 248 g/mol. The van der Waals surface area contributed by atoms with Crippen molar-refractivity contribution in [2.45, 2.75) is 60.3 Å². The summed E-state index contributed by atoms with van der Waals surface area (Å²) < 4.78 is 0. The molecule has 0 saturated carbocycles. The van der Waals surface area contributed by atoms with Crippen LogP contribution in [0.2, 0.25) is 0 Å². The van der Waals surface area contributed by atoms with Gasteiger partial charge < -0.3 is 10.6 Å². The van der Waals surface area contributed by atoms with Crippen molar-refractivity contribution in [2.75, 3.05) is 23.7 Å². The summed E-state index contributed by atoms with van der Waals surface area (Å²) in [4.78, 5) is 8.82. The Balaban J connectivity index is 2.55. The van der Waals surface area contributed by atoms with Crippen LogP contribution in [-0.2, 0) is 0 Å². The minimum absolute atomic E-state index is 0.298. The van der Waals surface area contributed by atoms with Gasteiger partial charge in [0.05, 0.1) is 0 Å². The molecule has 0 saturated heterocycles. The predicted octanol–water partition coefficient (Wildman–Crippen LogP) is 4.24. The Labute approximate surface area is 123 Å². The maximum Gasteiger partial charge on any atom is 0.131 e. The third kappa shape index (κ3) is 6.22. The largest absolute Gasteiger partial charge is 0.370 e. The average molecular weight is 278 g/mol. The van der Waals surface area contributed by atoms with E-state index in [1.54, 1.807) is 0 Å². The molecule has 0 amide bonds. The van der Waals surface area contributed by atoms with E-state index in [4.69, 9.17) is 0 Å². The van der Waals surface area contributed by atoms with Gasteiger partial charge in [-0.3, -0.25) is 0 Å². The maximum atomic E-state index is 4.45. The Hall–Kier alpha value is -1.32. The van der Waals surface area contributed by atoms with Gasteiger partial charge in [-0.1, -0.05) is 40.0 Å². The second-order valence-electron chi connectivity index (χ2n) is 6.19. The first-order valence-electron chi connectivity index (χ1n) is 7.80. The van der Waals surface area contributed by atoms with Crippen molar-refractivity contribution in [1.82, 2.24) is 9.97 Å². The van der Waals surface area contributed by atoms with Gasteiger partial charge in [0.1, 0.15) is 17.5 Å². The number of aromatic nitrogens is 2. The fraction of sp³-hybridized carbons (Fsp3) is 0.750. The third-order valence-electron chi connectivity index (χ3n) is 3.40. The van der Waals surface area contributed by atoms with E-state index in [1.165, 1.54) is 25.7 Å². The number of hydrogen-bond donors (Lipinski definition) is 2. The van der Waals surface area contributed by atoms with Crippen molar-refractivity contribution in [3.05, 3.63) is 11.9 Å². The lowest BCUT2D eigenvalue weighted by molar-refractivity contribution is 0.342. The molecule has 2 N–H and O–H groups in total. The van der Waals surface area contributed by atoms with Crippen LogP contribution in [0.25, 0.3) is 0 Å². The van der Waals surface area contributed by atoms with Gasteiger partial charge in [0.15, 0.2) is 0 Å². The Morgan fingerprint density at radius 3 is 2.30 bits per heavy atom. The highest BCUT2D eigenvalue weighted by atomic mass is 15.1. The molecule has 0 unspecified atom stereocenters. The van der Waals surface area contributed by atoms with Gasteiger partial charge in [-0.25, -0.2) is 9.97 Å². The number of nitrogens with zero attached hydrogens (tertiary/aromatic N) is 2. The molecule has 0 aliphatic rings. The first-order chi connectivity index (χ1) is 9.46. The number of unbranched alkanes of at least 4 members (excludes halogenated alkanes) is 2. The Kier molecular flexibility index (Phi) is 6.76. The number of rotatable bonds is 9. The average Bonchev–Trinajstić information content (AvgIpc) is 2.37. The van der Waals surface area contributed by atoms with Crippen LogP contribution in [0.1, 0.15) is 59.2 Å². The Morgan fingerprint density at radius 2 is 1.70 bits per heavy atom. The lowest BCUT2D eigenvalue weighted by Gasteiger charge is -2.25. The SMILES string of the molecule is CCCCCC(C)(C)CNc1cc(NCC)nc(C)n1. The van der Waals surface area contributed by atoms with Crippen LogP contribution >= 0.6 is 0 Å². The topological polar surface area (TPSA) is 49.8 Å². The highest BCUT2D eigenvalue weighted by molar-refractivity contribution is 5.47. The van der Waals surface area contributed by atoms with Crippen LogP contribution in [-0.4, -0.2) is 23.1 Å². The molecule has 114 valence electrons. The molecular formula is C16H30N4. The van der Waals surface area contributed by atoms with Gasteiger partial charge in [0, 0.05) is 19.2 Å². The lowest BCUT2D eigenvalue weighted by Crippen LogP contribution is -2.23. The molecule has 0 bridgehead atoms. The Morgan fingerprint density at radius 1 is 1.05 bits per heavy atom. The van der Waals surface area contributed by atoms with E-state index >= 15 is 0 Å². The molecule has 0 aromatic carbocycles. The fourth-order valence-corrected chi connectivity index (χ4v) is 2.20. The molecule has 0 aliphatic heterocycles. The summed E-state index contributed by atoms with van der Waals surface area (Å²) in [6.07, 6.45) is 5.15. The van der Waals surface area contributed by atoms with E-state index in [9.17, 15) is 0 Å². The van der Waals surface area contributed by atoms with Crippen molar-refractivity contribution < 1.29 is 0 Å². The number of hydrogen-bond acceptors (Lipinski definition) is 4. The summed E-state index contributed by atoms with van der Waals surface area (Å²) in [5.74, 6) is 2.61. The zero-order chi connectivity index (χ0) is 15.0. The standard InChI is InChI=1S/C16H30N4/c1-6-8-9-10-16(4,5)12-18-15-11-14(17-7-2)19-13(3)20-15/h11H,6-10,12H2,1-5H3,(H2,17,18,19,20). The van der Waals surface area contributed by atoms with E-state index in [0.29, 0.717) is 5.41 Å². The number of aryl methyl sites for hydroxylation is 1. The number of nitrogens with one attached hydrogen (secondary N) is 2. The first kappa shape index (κ1) is 16.7. The van der Waals surface area contributed by atoms with Crippen molar-refractivity contribution in [1.29, 1.82) is 0 Å². The van der Waals surface area contributed by atoms with Crippen LogP contribution < -0.4 is 10.6 Å². The van der Waals surface area contributed by atoms with Crippen LogP contribution in [0, 0.1) is 12.3 Å². The summed E-state index contributed by atoms with van der Waals surface area (Å²) in [6, 6.07) is 1.98. The maximum absolute atomic E-state index is 4.45. The summed E-state index contributed by atoms with van der Waals surface area (Å²) in [5, 5.41) is 6.70. The molecule has 0 aliphatic carbocycles. The monoisotopic (exact) mass is 278 g/mol. The van der Waals surface area contributed by atoms with Gasteiger partial charge in [-0.15, -0.1) is 0 Å². The minimum atomic E-state index is 0.298. The molecule has 1 aromatic heterocycles. The van der Waals surface area contributed by atoms with Crippen molar-refractivity contribution in [3.8, 4) is 0 Å². The smallest absolute Gasteiger partial charge is 0.131 e. The van der Waals surface area contributed by atoms with Crippen molar-refractivity contribution in [2.24, 2.45) is 5.41 Å². The van der Waals surface area contributed by atoms with E-state index in [0.717, 1.165) is 30.5 Å². The zero-order valence-electron chi connectivity index (χ0n) is 13.7. The van der Waals surface area contributed by atoms with Crippen LogP contribution in [0.3, 0.4) is 0 Å². The summed E-state index contributed by atoms with van der Waals surface area (Å²) in [6.45, 7) is 12.7. The van der Waals surface area contributed by atoms with E-state index in [-0.39, 0.29) is 0 Å². The molecule has 4 heteroatoms. The van der Waals surface area contributed by atoms with E-state index in [1.807, 2.05) is 13.0 Å². The number of anilines is 2. The van der Waals surface area contributed by atoms with Crippen LogP contribution in [0.15, 0.2) is 6.07 Å². The molecule has 0 atom stereocenters. The molecule has 1 rings (SSSR count). The molecule has 0 radical (unpaired) electrons. The highest BCUT2D eigenvalue weighted by Gasteiger charge is 2.17. The minimum Gasteiger partial charge on any atom is -0.370 e. The second-order valence-corrected chi connectivity index (χ2v) is 6.19. The van der Waals surface area contributed by atoms with Crippen LogP contribution in [0.4, 0.5) is 11.6 Å². The molecule has 1 aromatic rings. The quantitative estimate of drug-likeness (QED) is 0.663. The third-order valence-corrected chi connectivity index (χ3v) is 3.40.